The molecule has 21 heavy (non-hydrogen) atoms. The lowest BCUT2D eigenvalue weighted by molar-refractivity contribution is -0.140. The number of alkyl halides is 3. The maximum atomic E-state index is 13.6. The Morgan fingerprint density at radius 2 is 1.76 bits per heavy atom. The van der Waals surface area contributed by atoms with Crippen LogP contribution in [0.4, 0.5) is 17.6 Å². The van der Waals surface area contributed by atoms with Crippen molar-refractivity contribution in [2.24, 2.45) is 5.73 Å². The summed E-state index contributed by atoms with van der Waals surface area (Å²) in [5.74, 6) is -1.31. The van der Waals surface area contributed by atoms with Gasteiger partial charge in [0.1, 0.15) is 5.82 Å². The second-order valence-electron chi connectivity index (χ2n) is 4.72. The van der Waals surface area contributed by atoms with Crippen molar-refractivity contribution in [2.45, 2.75) is 19.1 Å². The summed E-state index contributed by atoms with van der Waals surface area (Å²) in [6.07, 6.45) is -4.71. The Morgan fingerprint density at radius 1 is 1.10 bits per heavy atom. The van der Waals surface area contributed by atoms with Crippen molar-refractivity contribution in [1.29, 1.82) is 0 Å². The molecule has 1 unspecified atom stereocenters. The van der Waals surface area contributed by atoms with Gasteiger partial charge < -0.3 is 5.73 Å². The van der Waals surface area contributed by atoms with Crippen LogP contribution in [0.5, 0.6) is 0 Å². The summed E-state index contributed by atoms with van der Waals surface area (Å²) in [5, 5.41) is 0. The van der Waals surface area contributed by atoms with Crippen molar-refractivity contribution in [3.63, 3.8) is 0 Å². The van der Waals surface area contributed by atoms with Gasteiger partial charge in [-0.1, -0.05) is 28.1 Å². The molecule has 2 aromatic rings. The lowest BCUT2D eigenvalue weighted by Crippen LogP contribution is -2.15. The molecule has 2 aromatic carbocycles. The van der Waals surface area contributed by atoms with Gasteiger partial charge >= 0.3 is 6.18 Å². The van der Waals surface area contributed by atoms with Crippen LogP contribution in [-0.4, -0.2) is 0 Å². The van der Waals surface area contributed by atoms with Gasteiger partial charge in [0.2, 0.25) is 0 Å². The van der Waals surface area contributed by atoms with Crippen molar-refractivity contribution >= 4 is 15.9 Å². The number of hydrogen-bond donors (Lipinski definition) is 1. The Labute approximate surface area is 127 Å². The fourth-order valence-corrected chi connectivity index (χ4v) is 2.60. The topological polar surface area (TPSA) is 26.0 Å². The van der Waals surface area contributed by atoms with Crippen LogP contribution >= 0.6 is 15.9 Å². The molecule has 0 amide bonds. The smallest absolute Gasteiger partial charge is 0.320 e. The first-order valence-electron chi connectivity index (χ1n) is 6.08. The van der Waals surface area contributed by atoms with Gasteiger partial charge in [-0.3, -0.25) is 0 Å². The Hall–Kier alpha value is -1.40. The molecule has 2 N–H and O–H groups in total. The SMILES string of the molecule is Cc1cc(Br)ccc1C(N)c1ccc(C(F)(F)F)c(F)c1. The zero-order valence-corrected chi connectivity index (χ0v) is 12.6. The summed E-state index contributed by atoms with van der Waals surface area (Å²) in [7, 11) is 0. The fourth-order valence-electron chi connectivity index (χ4n) is 2.12. The zero-order chi connectivity index (χ0) is 15.8. The molecule has 0 aromatic heterocycles. The minimum Gasteiger partial charge on any atom is -0.320 e. The molecule has 0 aliphatic rings. The largest absolute Gasteiger partial charge is 0.419 e. The van der Waals surface area contributed by atoms with Crippen LogP contribution in [-0.2, 0) is 6.18 Å². The van der Waals surface area contributed by atoms with Crippen molar-refractivity contribution in [3.8, 4) is 0 Å². The van der Waals surface area contributed by atoms with Gasteiger partial charge in [0, 0.05) is 4.47 Å². The molecule has 0 saturated heterocycles. The van der Waals surface area contributed by atoms with Gasteiger partial charge in [0.05, 0.1) is 11.6 Å². The number of benzene rings is 2. The van der Waals surface area contributed by atoms with E-state index in [0.717, 1.165) is 27.7 Å². The van der Waals surface area contributed by atoms with Crippen LogP contribution in [0.25, 0.3) is 0 Å². The van der Waals surface area contributed by atoms with Crippen molar-refractivity contribution in [3.05, 3.63) is 68.9 Å². The molecule has 0 heterocycles. The zero-order valence-electron chi connectivity index (χ0n) is 11.0. The average Bonchev–Trinajstić information content (AvgIpc) is 2.36. The van der Waals surface area contributed by atoms with E-state index in [-0.39, 0.29) is 0 Å². The number of aryl methyl sites for hydroxylation is 1. The van der Waals surface area contributed by atoms with Gasteiger partial charge in [0.15, 0.2) is 0 Å². The molecule has 0 spiro atoms. The maximum absolute atomic E-state index is 13.6. The number of hydrogen-bond acceptors (Lipinski definition) is 1. The lowest BCUT2D eigenvalue weighted by Gasteiger charge is -2.17. The predicted octanol–water partition coefficient (Wildman–Crippen LogP) is 4.96. The molecule has 6 heteroatoms. The molecule has 1 nitrogen and oxygen atoms in total. The summed E-state index contributed by atoms with van der Waals surface area (Å²) in [4.78, 5) is 0. The molecule has 0 fully saturated rings. The first kappa shape index (κ1) is 16.0. The molecule has 2 rings (SSSR count). The van der Waals surface area contributed by atoms with Crippen molar-refractivity contribution < 1.29 is 17.6 Å². The highest BCUT2D eigenvalue weighted by Gasteiger charge is 2.34. The minimum atomic E-state index is -4.71. The molecular weight excluding hydrogens is 350 g/mol. The number of rotatable bonds is 2. The van der Waals surface area contributed by atoms with Gasteiger partial charge in [0.25, 0.3) is 0 Å². The first-order chi connectivity index (χ1) is 9.70. The number of nitrogens with two attached hydrogens (primary N) is 1. The van der Waals surface area contributed by atoms with E-state index in [0.29, 0.717) is 5.56 Å². The molecule has 0 radical (unpaired) electrons. The minimum absolute atomic E-state index is 0.297. The highest BCUT2D eigenvalue weighted by Crippen LogP contribution is 2.33. The Bertz CT molecular complexity index is 667. The van der Waals surface area contributed by atoms with Gasteiger partial charge in [-0.25, -0.2) is 4.39 Å². The monoisotopic (exact) mass is 361 g/mol. The molecule has 1 atom stereocenters. The van der Waals surface area contributed by atoms with Gasteiger partial charge in [-0.2, -0.15) is 13.2 Å². The summed E-state index contributed by atoms with van der Waals surface area (Å²) in [6.45, 7) is 1.83. The van der Waals surface area contributed by atoms with Gasteiger partial charge in [-0.15, -0.1) is 0 Å². The van der Waals surface area contributed by atoms with Crippen molar-refractivity contribution in [2.75, 3.05) is 0 Å². The van der Waals surface area contributed by atoms with Gasteiger partial charge in [-0.05, 0) is 47.9 Å². The van der Waals surface area contributed by atoms with E-state index in [1.165, 1.54) is 6.07 Å². The second-order valence-corrected chi connectivity index (χ2v) is 5.63. The van der Waals surface area contributed by atoms with Crippen LogP contribution in [0.3, 0.4) is 0 Å². The van der Waals surface area contributed by atoms with E-state index in [1.807, 2.05) is 13.0 Å². The highest BCUT2D eigenvalue weighted by atomic mass is 79.9. The fraction of sp³-hybridized carbons (Fsp3) is 0.200. The third-order valence-corrected chi connectivity index (χ3v) is 3.72. The average molecular weight is 362 g/mol. The van der Waals surface area contributed by atoms with E-state index in [2.05, 4.69) is 15.9 Å². The Kier molecular flexibility index (Phi) is 4.39. The molecule has 0 aliphatic carbocycles. The van der Waals surface area contributed by atoms with E-state index in [4.69, 9.17) is 5.73 Å². The molecule has 0 saturated carbocycles. The third kappa shape index (κ3) is 3.44. The maximum Gasteiger partial charge on any atom is 0.419 e. The highest BCUT2D eigenvalue weighted by molar-refractivity contribution is 9.10. The van der Waals surface area contributed by atoms with Crippen LogP contribution in [0.2, 0.25) is 0 Å². The van der Waals surface area contributed by atoms with E-state index in [1.54, 1.807) is 12.1 Å². The molecule has 0 bridgehead atoms. The summed E-state index contributed by atoms with van der Waals surface area (Å²) in [6, 6.07) is 7.47. The number of halogens is 5. The summed E-state index contributed by atoms with van der Waals surface area (Å²) in [5.41, 5.74) is 6.65. The molecule has 112 valence electrons. The van der Waals surface area contributed by atoms with E-state index < -0.39 is 23.6 Å². The van der Waals surface area contributed by atoms with Crippen LogP contribution in [0.1, 0.15) is 28.3 Å². The van der Waals surface area contributed by atoms with Crippen molar-refractivity contribution in [1.82, 2.24) is 0 Å². The van der Waals surface area contributed by atoms with Crippen LogP contribution in [0, 0.1) is 12.7 Å². The Morgan fingerprint density at radius 3 is 2.29 bits per heavy atom. The third-order valence-electron chi connectivity index (χ3n) is 3.22. The molecular formula is C15H12BrF4N. The van der Waals surface area contributed by atoms with Crippen LogP contribution in [0.15, 0.2) is 40.9 Å². The van der Waals surface area contributed by atoms with E-state index >= 15 is 0 Å². The van der Waals surface area contributed by atoms with Crippen LogP contribution < -0.4 is 5.73 Å². The normalized spacial score (nSPS) is 13.3. The second kappa shape index (κ2) is 5.77. The summed E-state index contributed by atoms with van der Waals surface area (Å²) < 4.78 is 52.1. The quantitative estimate of drug-likeness (QED) is 0.751. The molecule has 0 aliphatic heterocycles. The summed E-state index contributed by atoms with van der Waals surface area (Å²) >= 11 is 3.32. The standard InChI is InChI=1S/C15H12BrF4N/c1-8-6-10(16)3-4-11(8)14(21)9-2-5-12(13(17)7-9)15(18,19)20/h2-7,14H,21H2,1H3. The van der Waals surface area contributed by atoms with E-state index in [9.17, 15) is 17.6 Å². The first-order valence-corrected chi connectivity index (χ1v) is 6.87. The lowest BCUT2D eigenvalue weighted by atomic mass is 9.95. The predicted molar refractivity (Wildman–Crippen MR) is 76.3 cm³/mol. The Balaban J connectivity index is 2.40.